The Bertz CT molecular complexity index is 996. The van der Waals surface area contributed by atoms with Crippen molar-refractivity contribution >= 4 is 26.5 Å². The van der Waals surface area contributed by atoms with Gasteiger partial charge >= 0.3 is 0 Å². The van der Waals surface area contributed by atoms with E-state index in [4.69, 9.17) is 4.52 Å². The molecule has 0 spiro atoms. The number of nitrogens with zero attached hydrogens (tertiary/aromatic N) is 3. The van der Waals surface area contributed by atoms with Gasteiger partial charge in [-0.15, -0.1) is 11.3 Å². The molecule has 0 aliphatic heterocycles. The van der Waals surface area contributed by atoms with Crippen LogP contribution in [0.25, 0.3) is 11.4 Å². The maximum atomic E-state index is 12.8. The minimum Gasteiger partial charge on any atom is -0.360 e. The molecule has 0 radical (unpaired) electrons. The minimum absolute atomic E-state index is 0.111. The highest BCUT2D eigenvalue weighted by Crippen LogP contribution is 2.23. The molecule has 3 aromatic heterocycles. The van der Waals surface area contributed by atoms with Crippen molar-refractivity contribution in [2.75, 3.05) is 11.9 Å². The van der Waals surface area contributed by atoms with Crippen LogP contribution in [-0.2, 0) is 10.0 Å². The molecule has 0 aliphatic rings. The maximum Gasteiger partial charge on any atom is 0.246 e. The third-order valence-electron chi connectivity index (χ3n) is 4.13. The fraction of sp³-hybridized carbons (Fsp3) is 0.389. The van der Waals surface area contributed by atoms with Gasteiger partial charge in [0.1, 0.15) is 16.3 Å². The van der Waals surface area contributed by atoms with Crippen molar-refractivity contribution in [3.8, 4) is 11.4 Å². The molecule has 1 unspecified atom stereocenters. The largest absolute Gasteiger partial charge is 0.360 e. The summed E-state index contributed by atoms with van der Waals surface area (Å²) in [5, 5.41) is 9.61. The summed E-state index contributed by atoms with van der Waals surface area (Å²) in [6, 6.07) is 5.38. The van der Waals surface area contributed by atoms with Crippen LogP contribution >= 0.6 is 11.3 Å². The molecule has 10 heteroatoms. The molecule has 28 heavy (non-hydrogen) atoms. The molecule has 3 heterocycles. The molecule has 0 amide bonds. The maximum absolute atomic E-state index is 12.8. The van der Waals surface area contributed by atoms with Crippen molar-refractivity contribution in [1.29, 1.82) is 0 Å². The van der Waals surface area contributed by atoms with E-state index < -0.39 is 10.0 Å². The Morgan fingerprint density at radius 3 is 2.71 bits per heavy atom. The zero-order valence-electron chi connectivity index (χ0n) is 16.0. The highest BCUT2D eigenvalue weighted by molar-refractivity contribution is 7.89. The van der Waals surface area contributed by atoms with Gasteiger partial charge in [-0.2, -0.15) is 0 Å². The summed E-state index contributed by atoms with van der Waals surface area (Å²) in [6.07, 6.45) is 3.25. The van der Waals surface area contributed by atoms with E-state index in [1.54, 1.807) is 20.0 Å². The quantitative estimate of drug-likeness (QED) is 0.545. The molecule has 150 valence electrons. The number of sulfonamides is 1. The Morgan fingerprint density at radius 1 is 1.25 bits per heavy atom. The van der Waals surface area contributed by atoms with Gasteiger partial charge < -0.3 is 9.84 Å². The molecule has 0 aromatic carbocycles. The van der Waals surface area contributed by atoms with Gasteiger partial charge in [0.25, 0.3) is 0 Å². The van der Waals surface area contributed by atoms with E-state index in [9.17, 15) is 8.42 Å². The fourth-order valence-electron chi connectivity index (χ4n) is 2.89. The Labute approximate surface area is 168 Å². The number of rotatable bonds is 9. The number of nitrogens with one attached hydrogen (secondary N) is 2. The molecule has 3 aromatic rings. The SMILES string of the molecule is CCCC(CNc1nc(-c2ccccn2)cs1)NS(=O)(=O)c1c(C)noc1C. The summed E-state index contributed by atoms with van der Waals surface area (Å²) in [5.74, 6) is 0.285. The fourth-order valence-corrected chi connectivity index (χ4v) is 5.20. The Balaban J connectivity index is 1.68. The molecule has 3 rings (SSSR count). The number of pyridine rings is 1. The Morgan fingerprint density at radius 2 is 2.07 bits per heavy atom. The monoisotopic (exact) mass is 421 g/mol. The standard InChI is InChI=1S/C18H23N5O3S2/c1-4-7-14(23-28(24,25)17-12(2)22-26-13(17)3)10-20-18-21-16(11-27-18)15-8-5-6-9-19-15/h5-6,8-9,11,14,23H,4,7,10H2,1-3H3,(H,20,21). The van der Waals surface area contributed by atoms with Gasteiger partial charge in [0.05, 0.1) is 5.69 Å². The zero-order valence-corrected chi connectivity index (χ0v) is 17.6. The van der Waals surface area contributed by atoms with E-state index in [1.165, 1.54) is 11.3 Å². The third-order valence-corrected chi connectivity index (χ3v) is 6.69. The topological polar surface area (TPSA) is 110 Å². The summed E-state index contributed by atoms with van der Waals surface area (Å²) in [7, 11) is -3.72. The van der Waals surface area contributed by atoms with Crippen molar-refractivity contribution in [2.24, 2.45) is 0 Å². The van der Waals surface area contributed by atoms with Gasteiger partial charge in [-0.3, -0.25) is 4.98 Å². The molecular formula is C18H23N5O3S2. The van der Waals surface area contributed by atoms with Gasteiger partial charge in [0.2, 0.25) is 10.0 Å². The number of aromatic nitrogens is 3. The summed E-state index contributed by atoms with van der Waals surface area (Å²) in [6.45, 7) is 5.65. The van der Waals surface area contributed by atoms with Crippen LogP contribution in [0.5, 0.6) is 0 Å². The normalized spacial score (nSPS) is 12.8. The first kappa shape index (κ1) is 20.4. The number of hydrogen-bond acceptors (Lipinski definition) is 8. The second-order valence-electron chi connectivity index (χ2n) is 6.39. The molecule has 0 saturated carbocycles. The third kappa shape index (κ3) is 4.75. The van der Waals surface area contributed by atoms with E-state index >= 15 is 0 Å². The lowest BCUT2D eigenvalue weighted by molar-refractivity contribution is 0.390. The number of thiazole rings is 1. The van der Waals surface area contributed by atoms with Crippen LogP contribution in [0.1, 0.15) is 31.2 Å². The van der Waals surface area contributed by atoms with Crippen molar-refractivity contribution in [2.45, 2.75) is 44.6 Å². The molecule has 2 N–H and O–H groups in total. The van der Waals surface area contributed by atoms with E-state index in [0.717, 1.165) is 22.9 Å². The first-order valence-electron chi connectivity index (χ1n) is 8.96. The molecule has 1 atom stereocenters. The van der Waals surface area contributed by atoms with Crippen LogP contribution in [-0.4, -0.2) is 36.1 Å². The minimum atomic E-state index is -3.72. The highest BCUT2D eigenvalue weighted by atomic mass is 32.2. The van der Waals surface area contributed by atoms with Crippen LogP contribution in [0.2, 0.25) is 0 Å². The van der Waals surface area contributed by atoms with E-state index in [0.29, 0.717) is 18.7 Å². The molecule has 0 bridgehead atoms. The van der Waals surface area contributed by atoms with Gasteiger partial charge in [-0.1, -0.05) is 24.6 Å². The molecule has 0 fully saturated rings. The lowest BCUT2D eigenvalue weighted by atomic mass is 10.2. The van der Waals surface area contributed by atoms with Gasteiger partial charge in [0, 0.05) is 24.2 Å². The van der Waals surface area contributed by atoms with Gasteiger partial charge in [0.15, 0.2) is 10.9 Å². The first-order valence-corrected chi connectivity index (χ1v) is 11.3. The average molecular weight is 422 g/mol. The Kier molecular flexibility index (Phi) is 6.42. The predicted octanol–water partition coefficient (Wildman–Crippen LogP) is 3.37. The molecule has 0 saturated heterocycles. The number of aryl methyl sites for hydroxylation is 2. The van der Waals surface area contributed by atoms with Crippen LogP contribution in [0.4, 0.5) is 5.13 Å². The lowest BCUT2D eigenvalue weighted by Crippen LogP contribution is -2.39. The van der Waals surface area contributed by atoms with Crippen LogP contribution in [0.3, 0.4) is 0 Å². The van der Waals surface area contributed by atoms with Crippen molar-refractivity contribution < 1.29 is 12.9 Å². The number of hydrogen-bond donors (Lipinski definition) is 2. The summed E-state index contributed by atoms with van der Waals surface area (Å²) < 4.78 is 33.3. The van der Waals surface area contributed by atoms with E-state index in [2.05, 4.69) is 25.2 Å². The Hall–Kier alpha value is -2.30. The summed E-state index contributed by atoms with van der Waals surface area (Å²) >= 11 is 1.46. The highest BCUT2D eigenvalue weighted by Gasteiger charge is 2.27. The zero-order chi connectivity index (χ0) is 20.1. The molecule has 8 nitrogen and oxygen atoms in total. The van der Waals surface area contributed by atoms with Crippen LogP contribution in [0, 0.1) is 13.8 Å². The predicted molar refractivity (Wildman–Crippen MR) is 109 cm³/mol. The van der Waals surface area contributed by atoms with E-state index in [1.807, 2.05) is 30.5 Å². The van der Waals surface area contributed by atoms with Crippen molar-refractivity contribution in [3.63, 3.8) is 0 Å². The molecular weight excluding hydrogens is 398 g/mol. The average Bonchev–Trinajstić information content (AvgIpc) is 3.27. The second kappa shape index (κ2) is 8.80. The summed E-state index contributed by atoms with van der Waals surface area (Å²) in [5.41, 5.74) is 1.94. The van der Waals surface area contributed by atoms with Crippen molar-refractivity contribution in [1.82, 2.24) is 19.8 Å². The van der Waals surface area contributed by atoms with Crippen molar-refractivity contribution in [3.05, 3.63) is 41.2 Å². The van der Waals surface area contributed by atoms with Crippen LogP contribution < -0.4 is 10.0 Å². The lowest BCUT2D eigenvalue weighted by Gasteiger charge is -2.18. The number of anilines is 1. The second-order valence-corrected chi connectivity index (χ2v) is 8.90. The smallest absolute Gasteiger partial charge is 0.246 e. The summed E-state index contributed by atoms with van der Waals surface area (Å²) in [4.78, 5) is 8.93. The van der Waals surface area contributed by atoms with Crippen LogP contribution in [0.15, 0.2) is 39.2 Å². The van der Waals surface area contributed by atoms with Gasteiger partial charge in [-0.25, -0.2) is 18.1 Å². The molecule has 0 aliphatic carbocycles. The van der Waals surface area contributed by atoms with Gasteiger partial charge in [-0.05, 0) is 32.4 Å². The van der Waals surface area contributed by atoms with E-state index in [-0.39, 0.29) is 16.7 Å². The first-order chi connectivity index (χ1) is 13.4.